The number of rotatable bonds is 5. The largest absolute Gasteiger partial charge is 0.484 e. The standard InChI is InChI=1S/C23H18ClFN6O3/c1-31-22(20-15(6-26)19(5-17(24)21(20)25)34-12-9-33-10-12)16(8-28-31)11-2-3-13-14(4-11)18(7-27)29-30-23(13)32/h2-5,8,12H,7,9-10,27H2,1H3,(H,30,32). The van der Waals surface area contributed by atoms with Crippen LogP contribution in [-0.4, -0.2) is 39.3 Å². The van der Waals surface area contributed by atoms with Gasteiger partial charge in [-0.3, -0.25) is 9.48 Å². The topological polar surface area (TPSA) is 132 Å². The van der Waals surface area contributed by atoms with Crippen molar-refractivity contribution in [2.24, 2.45) is 12.8 Å². The summed E-state index contributed by atoms with van der Waals surface area (Å²) >= 11 is 6.21. The minimum absolute atomic E-state index is 0.000183. The molecule has 0 unspecified atom stereocenters. The van der Waals surface area contributed by atoms with Crippen molar-refractivity contribution < 1.29 is 13.9 Å². The van der Waals surface area contributed by atoms with Crippen LogP contribution in [0.3, 0.4) is 0 Å². The van der Waals surface area contributed by atoms with Crippen molar-refractivity contribution in [3.8, 4) is 34.2 Å². The summed E-state index contributed by atoms with van der Waals surface area (Å²) in [5.41, 5.74) is 7.43. The van der Waals surface area contributed by atoms with E-state index in [4.69, 9.17) is 26.8 Å². The van der Waals surface area contributed by atoms with Crippen LogP contribution >= 0.6 is 11.6 Å². The lowest BCUT2D eigenvalue weighted by Gasteiger charge is -2.27. The van der Waals surface area contributed by atoms with E-state index in [-0.39, 0.29) is 40.1 Å². The molecule has 3 N–H and O–H groups in total. The van der Waals surface area contributed by atoms with E-state index in [0.29, 0.717) is 46.5 Å². The summed E-state index contributed by atoms with van der Waals surface area (Å²) in [5.74, 6) is -0.592. The Morgan fingerprint density at radius 1 is 1.38 bits per heavy atom. The Kier molecular flexibility index (Phi) is 5.53. The van der Waals surface area contributed by atoms with Crippen molar-refractivity contribution in [2.75, 3.05) is 13.2 Å². The Morgan fingerprint density at radius 3 is 2.85 bits per heavy atom. The third kappa shape index (κ3) is 3.51. The Labute approximate surface area is 197 Å². The van der Waals surface area contributed by atoms with Gasteiger partial charge in [0.05, 0.1) is 46.8 Å². The summed E-state index contributed by atoms with van der Waals surface area (Å²) in [5, 5.41) is 21.5. The first kappa shape index (κ1) is 22.0. The highest BCUT2D eigenvalue weighted by Crippen LogP contribution is 2.42. The molecule has 11 heteroatoms. The number of nitriles is 1. The van der Waals surface area contributed by atoms with Gasteiger partial charge in [-0.25, -0.2) is 9.49 Å². The van der Waals surface area contributed by atoms with Gasteiger partial charge in [0.1, 0.15) is 23.5 Å². The van der Waals surface area contributed by atoms with E-state index in [0.717, 1.165) is 0 Å². The monoisotopic (exact) mass is 480 g/mol. The lowest BCUT2D eigenvalue weighted by molar-refractivity contribution is -0.0797. The second-order valence-electron chi connectivity index (χ2n) is 7.80. The van der Waals surface area contributed by atoms with Crippen molar-refractivity contribution >= 4 is 22.4 Å². The van der Waals surface area contributed by atoms with E-state index in [9.17, 15) is 10.1 Å². The molecule has 1 aliphatic heterocycles. The first-order chi connectivity index (χ1) is 16.4. The normalized spacial score (nSPS) is 13.6. The zero-order valence-corrected chi connectivity index (χ0v) is 18.7. The van der Waals surface area contributed by atoms with Crippen LogP contribution in [0.1, 0.15) is 11.3 Å². The lowest BCUT2D eigenvalue weighted by atomic mass is 9.95. The molecule has 0 amide bonds. The van der Waals surface area contributed by atoms with Gasteiger partial charge in [0.15, 0.2) is 5.82 Å². The molecule has 9 nitrogen and oxygen atoms in total. The molecule has 1 saturated heterocycles. The molecular weight excluding hydrogens is 463 g/mol. The maximum absolute atomic E-state index is 15.4. The summed E-state index contributed by atoms with van der Waals surface area (Å²) < 4.78 is 27.9. The molecule has 2 aromatic carbocycles. The SMILES string of the molecule is Cn1ncc(-c2ccc3c(=O)[nH]nc(CN)c3c2)c1-c1c(F)c(Cl)cc(OC2COC2)c1C#N. The van der Waals surface area contributed by atoms with Crippen LogP contribution in [0.5, 0.6) is 5.75 Å². The number of H-pyrrole nitrogens is 1. The predicted octanol–water partition coefficient (Wildman–Crippen LogP) is 2.89. The van der Waals surface area contributed by atoms with Crippen molar-refractivity contribution in [1.29, 1.82) is 5.26 Å². The summed E-state index contributed by atoms with van der Waals surface area (Å²) in [6.07, 6.45) is 1.31. The van der Waals surface area contributed by atoms with E-state index in [1.807, 2.05) is 0 Å². The molecule has 0 spiro atoms. The number of aromatic amines is 1. The smallest absolute Gasteiger partial charge is 0.272 e. The molecule has 5 rings (SSSR count). The fourth-order valence-corrected chi connectivity index (χ4v) is 4.17. The van der Waals surface area contributed by atoms with E-state index >= 15 is 4.39 Å². The number of aryl methyl sites for hydroxylation is 1. The summed E-state index contributed by atoms with van der Waals surface area (Å²) in [6, 6.07) is 8.47. The van der Waals surface area contributed by atoms with Gasteiger partial charge in [-0.15, -0.1) is 0 Å². The number of nitrogens with one attached hydrogen (secondary N) is 1. The van der Waals surface area contributed by atoms with Crippen molar-refractivity contribution in [2.45, 2.75) is 12.6 Å². The Hall–Kier alpha value is -3.78. The maximum atomic E-state index is 15.4. The molecule has 0 aliphatic carbocycles. The van der Waals surface area contributed by atoms with Crippen LogP contribution in [-0.2, 0) is 18.3 Å². The van der Waals surface area contributed by atoms with Crippen LogP contribution in [0.2, 0.25) is 5.02 Å². The van der Waals surface area contributed by atoms with Gasteiger partial charge < -0.3 is 15.2 Å². The number of nitrogens with zero attached hydrogens (tertiary/aromatic N) is 4. The number of fused-ring (bicyclic) bond motifs is 1. The lowest BCUT2D eigenvalue weighted by Crippen LogP contribution is -2.38. The molecule has 0 bridgehead atoms. The maximum Gasteiger partial charge on any atom is 0.272 e. The number of ether oxygens (including phenoxy) is 2. The minimum atomic E-state index is -0.762. The number of halogens is 2. The van der Waals surface area contributed by atoms with Crippen LogP contribution in [0, 0.1) is 17.1 Å². The fourth-order valence-electron chi connectivity index (χ4n) is 3.98. The highest BCUT2D eigenvalue weighted by molar-refractivity contribution is 6.31. The third-order valence-corrected chi connectivity index (χ3v) is 6.02. The number of benzene rings is 2. The average Bonchev–Trinajstić information content (AvgIpc) is 3.19. The van der Waals surface area contributed by atoms with Gasteiger partial charge in [-0.1, -0.05) is 17.7 Å². The van der Waals surface area contributed by atoms with Gasteiger partial charge in [-0.2, -0.15) is 15.5 Å². The number of hydrogen-bond donors (Lipinski definition) is 2. The van der Waals surface area contributed by atoms with E-state index < -0.39 is 5.82 Å². The highest BCUT2D eigenvalue weighted by Gasteiger charge is 2.28. The van der Waals surface area contributed by atoms with Gasteiger partial charge in [0.2, 0.25) is 0 Å². The summed E-state index contributed by atoms with van der Waals surface area (Å²) in [6.45, 7) is 0.865. The Morgan fingerprint density at radius 2 is 2.18 bits per heavy atom. The quantitative estimate of drug-likeness (QED) is 0.449. The number of hydrogen-bond acceptors (Lipinski definition) is 7. The van der Waals surface area contributed by atoms with Crippen LogP contribution in [0.25, 0.3) is 33.2 Å². The van der Waals surface area contributed by atoms with Crippen molar-refractivity contribution in [1.82, 2.24) is 20.0 Å². The number of aromatic nitrogens is 4. The predicted molar refractivity (Wildman–Crippen MR) is 123 cm³/mol. The molecular formula is C23H18ClFN6O3. The van der Waals surface area contributed by atoms with Gasteiger partial charge in [0.25, 0.3) is 5.56 Å². The molecule has 1 fully saturated rings. The Bertz CT molecular complexity index is 1540. The minimum Gasteiger partial charge on any atom is -0.484 e. The zero-order chi connectivity index (χ0) is 24.0. The van der Waals surface area contributed by atoms with E-state index in [1.165, 1.54) is 10.7 Å². The van der Waals surface area contributed by atoms with Gasteiger partial charge >= 0.3 is 0 Å². The highest BCUT2D eigenvalue weighted by atomic mass is 35.5. The van der Waals surface area contributed by atoms with E-state index in [2.05, 4.69) is 21.4 Å². The van der Waals surface area contributed by atoms with Crippen LogP contribution in [0.4, 0.5) is 4.39 Å². The second-order valence-corrected chi connectivity index (χ2v) is 8.21. The first-order valence-corrected chi connectivity index (χ1v) is 10.7. The summed E-state index contributed by atoms with van der Waals surface area (Å²) in [4.78, 5) is 12.2. The molecule has 3 heterocycles. The van der Waals surface area contributed by atoms with Gasteiger partial charge in [0, 0.05) is 30.6 Å². The second kappa shape index (κ2) is 8.53. The molecule has 0 saturated carbocycles. The van der Waals surface area contributed by atoms with E-state index in [1.54, 1.807) is 31.4 Å². The Balaban J connectivity index is 1.74. The van der Waals surface area contributed by atoms with Gasteiger partial charge in [-0.05, 0) is 17.7 Å². The van der Waals surface area contributed by atoms with Crippen LogP contribution in [0.15, 0.2) is 35.3 Å². The molecule has 172 valence electrons. The first-order valence-electron chi connectivity index (χ1n) is 10.3. The average molecular weight is 481 g/mol. The molecule has 0 radical (unpaired) electrons. The van der Waals surface area contributed by atoms with Crippen LogP contribution < -0.4 is 16.0 Å². The van der Waals surface area contributed by atoms with Crippen molar-refractivity contribution in [3.63, 3.8) is 0 Å². The molecule has 0 atom stereocenters. The van der Waals surface area contributed by atoms with Crippen molar-refractivity contribution in [3.05, 3.63) is 62.9 Å². The fraction of sp³-hybridized carbons (Fsp3) is 0.217. The molecule has 1 aliphatic rings. The zero-order valence-electron chi connectivity index (χ0n) is 17.9. The summed E-state index contributed by atoms with van der Waals surface area (Å²) in [7, 11) is 1.64. The molecule has 4 aromatic rings. The third-order valence-electron chi connectivity index (χ3n) is 5.74. The molecule has 2 aromatic heterocycles. The number of nitrogens with two attached hydrogens (primary N) is 1. The molecule has 34 heavy (non-hydrogen) atoms.